The zero-order chi connectivity index (χ0) is 14.0. The summed E-state index contributed by atoms with van der Waals surface area (Å²) in [7, 11) is 0. The highest BCUT2D eigenvalue weighted by atomic mass is 79.9. The Hall–Kier alpha value is -1.89. The summed E-state index contributed by atoms with van der Waals surface area (Å²) in [5.41, 5.74) is -0.604. The monoisotopic (exact) mass is 330 g/mol. The first kappa shape index (κ1) is 13.5. The second-order valence-electron chi connectivity index (χ2n) is 3.54. The van der Waals surface area contributed by atoms with Crippen LogP contribution < -0.4 is 5.32 Å². The van der Waals surface area contributed by atoms with Crippen molar-refractivity contribution in [3.05, 3.63) is 58.1 Å². The van der Waals surface area contributed by atoms with Gasteiger partial charge in [0.05, 0.1) is 11.3 Å². The summed E-state index contributed by atoms with van der Waals surface area (Å²) in [5.74, 6) is -3.62. The molecule has 1 aromatic carbocycles. The van der Waals surface area contributed by atoms with E-state index in [0.717, 1.165) is 6.07 Å². The van der Waals surface area contributed by atoms with Crippen LogP contribution in [0.15, 0.2) is 34.9 Å². The van der Waals surface area contributed by atoms with Crippen molar-refractivity contribution in [2.45, 2.75) is 0 Å². The Kier molecular flexibility index (Phi) is 3.84. The van der Waals surface area contributed by atoms with Gasteiger partial charge in [-0.3, -0.25) is 4.79 Å². The molecule has 7 heteroatoms. The number of halogens is 4. The Morgan fingerprint density at radius 2 is 2.00 bits per heavy atom. The average Bonchev–Trinajstić information content (AvgIpc) is 2.34. The van der Waals surface area contributed by atoms with Gasteiger partial charge in [-0.2, -0.15) is 4.39 Å². The largest absolute Gasteiger partial charge is 0.318 e. The van der Waals surface area contributed by atoms with Crippen LogP contribution in [0.1, 0.15) is 10.4 Å². The molecule has 1 aromatic heterocycles. The molecule has 0 spiro atoms. The predicted octanol–water partition coefficient (Wildman–Crippen LogP) is 3.51. The number of anilines is 1. The molecule has 3 nitrogen and oxygen atoms in total. The Bertz CT molecular complexity index is 626. The van der Waals surface area contributed by atoms with Crippen molar-refractivity contribution < 1.29 is 18.0 Å². The highest BCUT2D eigenvalue weighted by molar-refractivity contribution is 9.10. The van der Waals surface area contributed by atoms with E-state index in [9.17, 15) is 18.0 Å². The standard InChI is InChI=1S/C12H6BrF3N2O/c13-8-4-6(14)5-9(15)10(8)18-12(19)7-2-1-3-17-11(7)16/h1-5H,(H,18,19). The van der Waals surface area contributed by atoms with Gasteiger partial charge in [0, 0.05) is 16.7 Å². The van der Waals surface area contributed by atoms with E-state index in [1.807, 2.05) is 0 Å². The molecule has 0 fully saturated rings. The van der Waals surface area contributed by atoms with Crippen molar-refractivity contribution in [1.29, 1.82) is 0 Å². The second kappa shape index (κ2) is 5.40. The van der Waals surface area contributed by atoms with Gasteiger partial charge in [-0.05, 0) is 34.1 Å². The lowest BCUT2D eigenvalue weighted by Gasteiger charge is -2.09. The van der Waals surface area contributed by atoms with Gasteiger partial charge in [-0.15, -0.1) is 0 Å². The van der Waals surface area contributed by atoms with Gasteiger partial charge < -0.3 is 5.32 Å². The number of rotatable bonds is 2. The molecule has 0 bridgehead atoms. The Balaban J connectivity index is 2.32. The molecule has 98 valence electrons. The molecule has 0 radical (unpaired) electrons. The summed E-state index contributed by atoms with van der Waals surface area (Å²) in [4.78, 5) is 15.1. The van der Waals surface area contributed by atoms with E-state index in [-0.39, 0.29) is 15.7 Å². The summed E-state index contributed by atoms with van der Waals surface area (Å²) in [6.07, 6.45) is 1.18. The summed E-state index contributed by atoms with van der Waals surface area (Å²) >= 11 is 2.91. The van der Waals surface area contributed by atoms with Crippen LogP contribution in [0, 0.1) is 17.6 Å². The maximum Gasteiger partial charge on any atom is 0.260 e. The zero-order valence-electron chi connectivity index (χ0n) is 9.25. The van der Waals surface area contributed by atoms with Crippen LogP contribution in [-0.2, 0) is 0 Å². The molecule has 1 N–H and O–H groups in total. The molecule has 2 aromatic rings. The summed E-state index contributed by atoms with van der Waals surface area (Å²) in [5, 5.41) is 2.16. The van der Waals surface area contributed by atoms with Crippen LogP contribution in [0.4, 0.5) is 18.9 Å². The zero-order valence-corrected chi connectivity index (χ0v) is 10.8. The summed E-state index contributed by atoms with van der Waals surface area (Å²) < 4.78 is 39.7. The summed E-state index contributed by atoms with van der Waals surface area (Å²) in [6.45, 7) is 0. The number of amides is 1. The summed E-state index contributed by atoms with van der Waals surface area (Å²) in [6, 6.07) is 4.17. The molecule has 0 aliphatic rings. The van der Waals surface area contributed by atoms with Crippen molar-refractivity contribution in [2.75, 3.05) is 5.32 Å². The number of nitrogens with zero attached hydrogens (tertiary/aromatic N) is 1. The normalized spacial score (nSPS) is 10.3. The predicted molar refractivity (Wildman–Crippen MR) is 66.2 cm³/mol. The molecule has 19 heavy (non-hydrogen) atoms. The number of hydrogen-bond donors (Lipinski definition) is 1. The molecule has 1 amide bonds. The molecule has 0 unspecified atom stereocenters. The fourth-order valence-corrected chi connectivity index (χ4v) is 1.91. The lowest BCUT2D eigenvalue weighted by molar-refractivity contribution is 0.102. The van der Waals surface area contributed by atoms with Crippen molar-refractivity contribution in [2.24, 2.45) is 0 Å². The first-order valence-corrected chi connectivity index (χ1v) is 5.84. The second-order valence-corrected chi connectivity index (χ2v) is 4.39. The van der Waals surface area contributed by atoms with Gasteiger partial charge in [-0.1, -0.05) is 0 Å². The van der Waals surface area contributed by atoms with Crippen LogP contribution in [0.3, 0.4) is 0 Å². The van der Waals surface area contributed by atoms with Gasteiger partial charge >= 0.3 is 0 Å². The van der Waals surface area contributed by atoms with Crippen molar-refractivity contribution in [3.63, 3.8) is 0 Å². The maximum atomic E-state index is 13.5. The minimum absolute atomic E-state index is 0.0163. The van der Waals surface area contributed by atoms with E-state index < -0.39 is 23.5 Å². The third-order valence-corrected chi connectivity index (χ3v) is 2.87. The Morgan fingerprint density at radius 1 is 1.26 bits per heavy atom. The van der Waals surface area contributed by atoms with Gasteiger partial charge in [0.15, 0.2) is 5.82 Å². The molecule has 0 aliphatic carbocycles. The minimum Gasteiger partial charge on any atom is -0.318 e. The Labute approximate surface area is 114 Å². The Morgan fingerprint density at radius 3 is 2.63 bits per heavy atom. The third kappa shape index (κ3) is 2.93. The number of pyridine rings is 1. The first-order valence-electron chi connectivity index (χ1n) is 5.05. The number of carbonyl (C=O) groups excluding carboxylic acids is 1. The molecule has 1 heterocycles. The van der Waals surface area contributed by atoms with Crippen molar-refractivity contribution in [3.8, 4) is 0 Å². The molecule has 0 saturated carbocycles. The SMILES string of the molecule is O=C(Nc1c(F)cc(F)cc1Br)c1cccnc1F. The number of carbonyl (C=O) groups is 1. The van der Waals surface area contributed by atoms with Crippen LogP contribution in [0.25, 0.3) is 0 Å². The number of benzene rings is 1. The van der Waals surface area contributed by atoms with E-state index in [2.05, 4.69) is 26.2 Å². The highest BCUT2D eigenvalue weighted by Gasteiger charge is 2.16. The van der Waals surface area contributed by atoms with E-state index in [0.29, 0.717) is 6.07 Å². The van der Waals surface area contributed by atoms with Gasteiger partial charge in [0.25, 0.3) is 5.91 Å². The van der Waals surface area contributed by atoms with Crippen molar-refractivity contribution >= 4 is 27.5 Å². The van der Waals surface area contributed by atoms with E-state index in [4.69, 9.17) is 0 Å². The smallest absolute Gasteiger partial charge is 0.260 e. The molecule has 0 atom stereocenters. The number of nitrogens with one attached hydrogen (secondary N) is 1. The minimum atomic E-state index is -0.973. The highest BCUT2D eigenvalue weighted by Crippen LogP contribution is 2.27. The number of aromatic nitrogens is 1. The van der Waals surface area contributed by atoms with Gasteiger partial charge in [-0.25, -0.2) is 13.8 Å². The number of hydrogen-bond acceptors (Lipinski definition) is 2. The van der Waals surface area contributed by atoms with E-state index >= 15 is 0 Å². The first-order chi connectivity index (χ1) is 8.99. The average molecular weight is 331 g/mol. The fraction of sp³-hybridized carbons (Fsp3) is 0. The molecule has 2 rings (SSSR count). The van der Waals surface area contributed by atoms with E-state index in [1.54, 1.807) is 0 Å². The van der Waals surface area contributed by atoms with Crippen LogP contribution in [0.5, 0.6) is 0 Å². The van der Waals surface area contributed by atoms with E-state index in [1.165, 1.54) is 18.3 Å². The topological polar surface area (TPSA) is 42.0 Å². The van der Waals surface area contributed by atoms with Crippen LogP contribution >= 0.6 is 15.9 Å². The van der Waals surface area contributed by atoms with Crippen LogP contribution in [0.2, 0.25) is 0 Å². The maximum absolute atomic E-state index is 13.5. The lowest BCUT2D eigenvalue weighted by atomic mass is 10.2. The van der Waals surface area contributed by atoms with Crippen molar-refractivity contribution in [1.82, 2.24) is 4.98 Å². The lowest BCUT2D eigenvalue weighted by Crippen LogP contribution is -2.15. The fourth-order valence-electron chi connectivity index (χ4n) is 1.40. The quantitative estimate of drug-likeness (QED) is 0.856. The molecule has 0 aliphatic heterocycles. The van der Waals surface area contributed by atoms with Crippen LogP contribution in [-0.4, -0.2) is 10.9 Å². The van der Waals surface area contributed by atoms with Gasteiger partial charge in [0.1, 0.15) is 5.82 Å². The molecular weight excluding hydrogens is 325 g/mol. The third-order valence-electron chi connectivity index (χ3n) is 2.25. The van der Waals surface area contributed by atoms with Gasteiger partial charge in [0.2, 0.25) is 5.95 Å². The molecular formula is C12H6BrF3N2O. The molecule has 0 saturated heterocycles.